The van der Waals surface area contributed by atoms with Crippen LogP contribution in [0.3, 0.4) is 0 Å². The summed E-state index contributed by atoms with van der Waals surface area (Å²) < 4.78 is 0. The first-order valence-electron chi connectivity index (χ1n) is 3.74. The van der Waals surface area contributed by atoms with Crippen LogP contribution in [0.15, 0.2) is 35.6 Å². The zero-order valence-corrected chi connectivity index (χ0v) is 7.16. The average molecular weight is 178 g/mol. The highest BCUT2D eigenvalue weighted by Gasteiger charge is 2.11. The van der Waals surface area contributed by atoms with Crippen LogP contribution < -0.4 is 5.32 Å². The van der Waals surface area contributed by atoms with Gasteiger partial charge in [0.15, 0.2) is 0 Å². The van der Waals surface area contributed by atoms with E-state index in [1.54, 1.807) is 13.2 Å². The normalized spacial score (nSPS) is 18.7. The van der Waals surface area contributed by atoms with E-state index in [4.69, 9.17) is 10.5 Å². The Morgan fingerprint density at radius 2 is 2.31 bits per heavy atom. The van der Waals surface area contributed by atoms with Crippen LogP contribution in [0.1, 0.15) is 0 Å². The minimum atomic E-state index is -0.981. The summed E-state index contributed by atoms with van der Waals surface area (Å²) in [7, 11) is 1.70. The first-order chi connectivity index (χ1) is 6.15. The molecule has 0 fully saturated rings. The molecule has 0 aliphatic heterocycles. The lowest BCUT2D eigenvalue weighted by atomic mass is 10.0. The number of rotatable bonds is 2. The third kappa shape index (κ3) is 2.05. The van der Waals surface area contributed by atoms with Crippen LogP contribution in [0.2, 0.25) is 0 Å². The van der Waals surface area contributed by atoms with Gasteiger partial charge in [-0.2, -0.15) is 0 Å². The molecule has 68 valence electrons. The van der Waals surface area contributed by atoms with Gasteiger partial charge in [0.05, 0.1) is 11.3 Å². The molecule has 4 heteroatoms. The predicted molar refractivity (Wildman–Crippen MR) is 49.7 cm³/mol. The number of hydrogen-bond donors (Lipinski definition) is 3. The second-order valence-electron chi connectivity index (χ2n) is 2.54. The molecule has 1 aliphatic carbocycles. The molecular weight excluding hydrogens is 168 g/mol. The lowest BCUT2D eigenvalue weighted by Gasteiger charge is -2.07. The standard InChI is InChI=1S/C9H10N2O2/c1-11-5-7-4-6(9(12)13)2-3-8(7)10/h2-5,10-11H,1H3,(H,12,13)/b7-5-,10-8?. The minimum Gasteiger partial charge on any atom is -0.478 e. The van der Waals surface area contributed by atoms with E-state index in [2.05, 4.69) is 5.32 Å². The van der Waals surface area contributed by atoms with Gasteiger partial charge in [0.2, 0.25) is 0 Å². The van der Waals surface area contributed by atoms with E-state index >= 15 is 0 Å². The highest BCUT2D eigenvalue weighted by atomic mass is 16.4. The number of carboxylic acid groups (broad SMARTS) is 1. The minimum absolute atomic E-state index is 0.192. The molecule has 0 heterocycles. The number of nitrogens with one attached hydrogen (secondary N) is 2. The number of allylic oxidation sites excluding steroid dienone is 3. The number of aliphatic carboxylic acids is 1. The molecule has 0 aromatic carbocycles. The summed E-state index contributed by atoms with van der Waals surface area (Å²) in [5, 5.41) is 18.9. The van der Waals surface area contributed by atoms with Crippen molar-refractivity contribution in [1.29, 1.82) is 5.41 Å². The second kappa shape index (κ2) is 3.71. The van der Waals surface area contributed by atoms with E-state index in [9.17, 15) is 4.79 Å². The van der Waals surface area contributed by atoms with Crippen molar-refractivity contribution >= 4 is 11.7 Å². The van der Waals surface area contributed by atoms with Gasteiger partial charge in [-0.25, -0.2) is 4.79 Å². The fourth-order valence-corrected chi connectivity index (χ4v) is 0.971. The summed E-state index contributed by atoms with van der Waals surface area (Å²) in [6.45, 7) is 0. The molecule has 0 radical (unpaired) electrons. The first kappa shape index (κ1) is 9.25. The molecule has 1 aliphatic rings. The average Bonchev–Trinajstić information content (AvgIpc) is 2.08. The van der Waals surface area contributed by atoms with E-state index in [-0.39, 0.29) is 5.57 Å². The molecule has 0 saturated carbocycles. The molecule has 0 aromatic heterocycles. The molecule has 3 N–H and O–H groups in total. The molecular formula is C9H10N2O2. The van der Waals surface area contributed by atoms with Crippen molar-refractivity contribution < 1.29 is 9.90 Å². The van der Waals surface area contributed by atoms with Gasteiger partial charge >= 0.3 is 5.97 Å². The summed E-state index contributed by atoms with van der Waals surface area (Å²) in [4.78, 5) is 10.6. The van der Waals surface area contributed by atoms with Gasteiger partial charge in [0.1, 0.15) is 0 Å². The van der Waals surface area contributed by atoms with Crippen molar-refractivity contribution in [2.24, 2.45) is 0 Å². The van der Waals surface area contributed by atoms with E-state index in [1.807, 2.05) is 0 Å². The summed E-state index contributed by atoms with van der Waals surface area (Å²) in [5.41, 5.74) is 1.07. The van der Waals surface area contributed by atoms with E-state index in [0.29, 0.717) is 11.3 Å². The van der Waals surface area contributed by atoms with Crippen molar-refractivity contribution in [3.63, 3.8) is 0 Å². The van der Waals surface area contributed by atoms with Gasteiger partial charge in [-0.05, 0) is 18.2 Å². The molecule has 0 bridgehead atoms. The van der Waals surface area contributed by atoms with Crippen LogP contribution in [-0.2, 0) is 4.79 Å². The zero-order valence-electron chi connectivity index (χ0n) is 7.16. The van der Waals surface area contributed by atoms with Crippen LogP contribution in [0, 0.1) is 5.41 Å². The number of carboxylic acids is 1. The smallest absolute Gasteiger partial charge is 0.335 e. The summed E-state index contributed by atoms with van der Waals surface area (Å²) >= 11 is 0. The van der Waals surface area contributed by atoms with E-state index in [1.165, 1.54) is 18.2 Å². The highest BCUT2D eigenvalue weighted by Crippen LogP contribution is 2.12. The Labute approximate surface area is 75.8 Å². The van der Waals surface area contributed by atoms with Gasteiger partial charge in [0.25, 0.3) is 0 Å². The Kier molecular flexibility index (Phi) is 2.64. The molecule has 0 amide bonds. The largest absolute Gasteiger partial charge is 0.478 e. The maximum Gasteiger partial charge on any atom is 0.335 e. The van der Waals surface area contributed by atoms with Crippen LogP contribution in [0.4, 0.5) is 0 Å². The molecule has 0 atom stereocenters. The maximum atomic E-state index is 10.6. The van der Waals surface area contributed by atoms with Crippen LogP contribution >= 0.6 is 0 Å². The predicted octanol–water partition coefficient (Wildman–Crippen LogP) is 0.690. The summed E-state index contributed by atoms with van der Waals surface area (Å²) in [6.07, 6.45) is 5.93. The lowest BCUT2D eigenvalue weighted by molar-refractivity contribution is -0.132. The zero-order chi connectivity index (χ0) is 9.84. The Balaban J connectivity index is 3.00. The van der Waals surface area contributed by atoms with Gasteiger partial charge in [-0.3, -0.25) is 0 Å². The Morgan fingerprint density at radius 1 is 1.62 bits per heavy atom. The topological polar surface area (TPSA) is 73.2 Å². The SMILES string of the molecule is CN/C=C1/C=C(C(=O)O)C=CC1=N. The lowest BCUT2D eigenvalue weighted by Crippen LogP contribution is -2.09. The quantitative estimate of drug-likeness (QED) is 0.582. The van der Waals surface area contributed by atoms with Gasteiger partial charge < -0.3 is 15.8 Å². The van der Waals surface area contributed by atoms with Crippen LogP contribution in [-0.4, -0.2) is 23.8 Å². The molecule has 13 heavy (non-hydrogen) atoms. The van der Waals surface area contributed by atoms with Crippen molar-refractivity contribution in [2.45, 2.75) is 0 Å². The number of hydrogen-bond acceptors (Lipinski definition) is 3. The Bertz CT molecular complexity index is 338. The molecule has 0 unspecified atom stereocenters. The van der Waals surface area contributed by atoms with Crippen LogP contribution in [0.5, 0.6) is 0 Å². The Morgan fingerprint density at radius 3 is 2.85 bits per heavy atom. The third-order valence-corrected chi connectivity index (χ3v) is 1.60. The highest BCUT2D eigenvalue weighted by molar-refractivity contribution is 6.12. The van der Waals surface area contributed by atoms with Crippen molar-refractivity contribution in [2.75, 3.05) is 7.05 Å². The summed E-state index contributed by atoms with van der Waals surface area (Å²) in [5.74, 6) is -0.981. The monoisotopic (exact) mass is 178 g/mol. The van der Waals surface area contributed by atoms with Gasteiger partial charge in [-0.1, -0.05) is 0 Å². The fraction of sp³-hybridized carbons (Fsp3) is 0.111. The molecule has 4 nitrogen and oxygen atoms in total. The van der Waals surface area contributed by atoms with E-state index < -0.39 is 5.97 Å². The van der Waals surface area contributed by atoms with Gasteiger partial charge in [-0.15, -0.1) is 0 Å². The van der Waals surface area contributed by atoms with E-state index in [0.717, 1.165) is 0 Å². The van der Waals surface area contributed by atoms with Crippen molar-refractivity contribution in [1.82, 2.24) is 5.32 Å². The second-order valence-corrected chi connectivity index (χ2v) is 2.54. The maximum absolute atomic E-state index is 10.6. The number of carbonyl (C=O) groups is 1. The summed E-state index contributed by atoms with van der Waals surface area (Å²) in [6, 6.07) is 0. The molecule has 0 saturated heterocycles. The van der Waals surface area contributed by atoms with Crippen molar-refractivity contribution in [3.8, 4) is 0 Å². The Hall–Kier alpha value is -1.84. The molecule has 1 rings (SSSR count). The fourth-order valence-electron chi connectivity index (χ4n) is 0.971. The molecule has 0 aromatic rings. The van der Waals surface area contributed by atoms with Crippen molar-refractivity contribution in [3.05, 3.63) is 35.6 Å². The first-order valence-corrected chi connectivity index (χ1v) is 3.74. The molecule has 0 spiro atoms. The third-order valence-electron chi connectivity index (χ3n) is 1.60. The van der Waals surface area contributed by atoms with Crippen LogP contribution in [0.25, 0.3) is 0 Å². The van der Waals surface area contributed by atoms with Gasteiger partial charge in [0, 0.05) is 18.8 Å².